The van der Waals surface area contributed by atoms with E-state index in [9.17, 15) is 9.18 Å². The highest BCUT2D eigenvalue weighted by Crippen LogP contribution is 2.26. The second kappa shape index (κ2) is 7.03. The van der Waals surface area contributed by atoms with E-state index in [1.54, 1.807) is 16.6 Å². The molecular weight excluding hydrogens is 355 g/mol. The molecule has 3 aromatic rings. The lowest BCUT2D eigenvalue weighted by Crippen LogP contribution is -2.22. The summed E-state index contributed by atoms with van der Waals surface area (Å²) in [6, 6.07) is 5.83. The first-order chi connectivity index (χ1) is 12.3. The average molecular weight is 376 g/mol. The monoisotopic (exact) mass is 376 g/mol. The quantitative estimate of drug-likeness (QED) is 0.689. The van der Waals surface area contributed by atoms with E-state index in [-0.39, 0.29) is 17.2 Å². The molecule has 0 aliphatic carbocycles. The number of halogens is 1. The number of imidazole rings is 1. The molecule has 6 nitrogen and oxygen atoms in total. The number of carbonyl (C=O) groups excluding carboxylic acids is 1. The van der Waals surface area contributed by atoms with Crippen LogP contribution in [0.4, 0.5) is 9.52 Å². The number of hydrogen-bond donors (Lipinski definition) is 1. The number of carbonyl (C=O) groups is 1. The van der Waals surface area contributed by atoms with Gasteiger partial charge in [0.1, 0.15) is 5.82 Å². The van der Waals surface area contributed by atoms with Gasteiger partial charge in [0.25, 0.3) is 0 Å². The first kappa shape index (κ1) is 18.3. The highest BCUT2D eigenvalue weighted by Gasteiger charge is 2.23. The Morgan fingerprint density at radius 3 is 2.62 bits per heavy atom. The van der Waals surface area contributed by atoms with Crippen LogP contribution in [0.1, 0.15) is 37.9 Å². The van der Waals surface area contributed by atoms with E-state index >= 15 is 0 Å². The number of esters is 1. The predicted molar refractivity (Wildman–Crippen MR) is 99.2 cm³/mol. The van der Waals surface area contributed by atoms with E-state index in [0.717, 1.165) is 10.7 Å². The van der Waals surface area contributed by atoms with Crippen LogP contribution in [-0.2, 0) is 14.9 Å². The van der Waals surface area contributed by atoms with E-state index in [1.165, 1.54) is 30.6 Å². The Balaban J connectivity index is 1.76. The fourth-order valence-corrected chi connectivity index (χ4v) is 3.29. The summed E-state index contributed by atoms with van der Waals surface area (Å²) in [5.41, 5.74) is 1.61. The number of anilines is 1. The van der Waals surface area contributed by atoms with E-state index in [0.29, 0.717) is 17.2 Å². The number of methoxy groups -OCH3 is 1. The van der Waals surface area contributed by atoms with Gasteiger partial charge in [0.2, 0.25) is 10.1 Å². The van der Waals surface area contributed by atoms with Gasteiger partial charge in [0, 0.05) is 12.0 Å². The number of fused-ring (bicyclic) bond motifs is 1. The largest absolute Gasteiger partial charge is 0.468 e. The van der Waals surface area contributed by atoms with Crippen molar-refractivity contribution in [3.8, 4) is 0 Å². The van der Waals surface area contributed by atoms with Crippen molar-refractivity contribution >= 4 is 27.4 Å². The molecule has 0 aliphatic heterocycles. The smallest absolute Gasteiger partial charge is 0.314 e. The summed E-state index contributed by atoms with van der Waals surface area (Å²) < 4.78 is 19.7. The minimum Gasteiger partial charge on any atom is -0.468 e. The van der Waals surface area contributed by atoms with Crippen molar-refractivity contribution in [1.82, 2.24) is 14.6 Å². The third-order valence-electron chi connectivity index (χ3n) is 4.03. The summed E-state index contributed by atoms with van der Waals surface area (Å²) in [4.78, 5) is 17.5. The molecule has 1 atom stereocenters. The number of rotatable bonds is 5. The van der Waals surface area contributed by atoms with Gasteiger partial charge in [-0.2, -0.15) is 0 Å². The molecule has 138 valence electrons. The van der Waals surface area contributed by atoms with Crippen LogP contribution in [-0.4, -0.2) is 34.2 Å². The molecule has 0 aliphatic rings. The van der Waals surface area contributed by atoms with Gasteiger partial charge in [-0.3, -0.25) is 4.79 Å². The third-order valence-corrected chi connectivity index (χ3v) is 4.91. The van der Waals surface area contributed by atoms with Crippen LogP contribution in [0.15, 0.2) is 30.5 Å². The normalized spacial score (nSPS) is 13.0. The minimum absolute atomic E-state index is 0.0421. The molecule has 1 N–H and O–H groups in total. The van der Waals surface area contributed by atoms with Crippen molar-refractivity contribution in [3.63, 3.8) is 0 Å². The van der Waals surface area contributed by atoms with Crippen LogP contribution in [0.5, 0.6) is 0 Å². The minimum atomic E-state index is -0.554. The van der Waals surface area contributed by atoms with Gasteiger partial charge in [-0.15, -0.1) is 5.10 Å². The average Bonchev–Trinajstić information content (AvgIpc) is 3.14. The zero-order valence-corrected chi connectivity index (χ0v) is 15.9. The van der Waals surface area contributed by atoms with E-state index in [4.69, 9.17) is 4.74 Å². The Hall–Kier alpha value is -2.48. The molecule has 1 aromatic carbocycles. The lowest BCUT2D eigenvalue weighted by atomic mass is 9.93. The molecule has 0 radical (unpaired) electrons. The molecule has 0 fully saturated rings. The number of nitrogens with one attached hydrogen (secondary N) is 1. The number of aromatic nitrogens is 3. The summed E-state index contributed by atoms with van der Waals surface area (Å²) in [6.45, 7) is 6.59. The van der Waals surface area contributed by atoms with Gasteiger partial charge < -0.3 is 10.1 Å². The van der Waals surface area contributed by atoms with Crippen molar-refractivity contribution in [2.24, 2.45) is 0 Å². The summed E-state index contributed by atoms with van der Waals surface area (Å²) in [6.07, 6.45) is 1.91. The van der Waals surface area contributed by atoms with E-state index in [2.05, 4.69) is 36.2 Å². The maximum Gasteiger partial charge on any atom is 0.314 e. The van der Waals surface area contributed by atoms with Gasteiger partial charge in [0.15, 0.2) is 0 Å². The molecule has 8 heteroatoms. The van der Waals surface area contributed by atoms with Crippen molar-refractivity contribution in [2.45, 2.75) is 32.1 Å². The van der Waals surface area contributed by atoms with Gasteiger partial charge in [-0.1, -0.05) is 44.2 Å². The Morgan fingerprint density at radius 1 is 1.35 bits per heavy atom. The van der Waals surface area contributed by atoms with Crippen molar-refractivity contribution < 1.29 is 13.9 Å². The summed E-state index contributed by atoms with van der Waals surface area (Å²) in [5.74, 6) is -1.29. The topological polar surface area (TPSA) is 68.5 Å². The Bertz CT molecular complexity index is 880. The summed E-state index contributed by atoms with van der Waals surface area (Å²) >= 11 is 1.41. The number of ether oxygens (including phenoxy) is 1. The molecule has 3 rings (SSSR count). The summed E-state index contributed by atoms with van der Waals surface area (Å²) in [7, 11) is 1.34. The van der Waals surface area contributed by atoms with Crippen molar-refractivity contribution in [2.75, 3.05) is 19.0 Å². The number of nitrogens with zero attached hydrogens (tertiary/aromatic N) is 3. The van der Waals surface area contributed by atoms with E-state index in [1.807, 2.05) is 6.20 Å². The maximum absolute atomic E-state index is 13.1. The third kappa shape index (κ3) is 3.85. The number of hydrogen-bond acceptors (Lipinski definition) is 6. The molecule has 0 bridgehead atoms. The predicted octanol–water partition coefficient (Wildman–Crippen LogP) is 3.60. The van der Waals surface area contributed by atoms with Gasteiger partial charge >= 0.3 is 5.97 Å². The van der Waals surface area contributed by atoms with Crippen molar-refractivity contribution in [1.29, 1.82) is 0 Å². The van der Waals surface area contributed by atoms with Gasteiger partial charge in [-0.25, -0.2) is 13.9 Å². The Labute approximate surface area is 155 Å². The van der Waals surface area contributed by atoms with Crippen LogP contribution >= 0.6 is 11.3 Å². The Kier molecular flexibility index (Phi) is 4.95. The molecule has 2 aromatic heterocycles. The summed E-state index contributed by atoms with van der Waals surface area (Å²) in [5, 5.41) is 8.28. The van der Waals surface area contributed by atoms with Crippen LogP contribution < -0.4 is 5.32 Å². The maximum atomic E-state index is 13.1. The van der Waals surface area contributed by atoms with Crippen LogP contribution in [0.2, 0.25) is 0 Å². The standard InChI is InChI=1S/C18H21FN4O2S/c1-18(2,3)14-10-23-17(21-14)26-16(22-23)20-9-13(15(24)25-4)11-5-7-12(19)8-6-11/h5-8,10,13H,9H2,1-4H3,(H,20,22). The SMILES string of the molecule is COC(=O)C(CNc1nn2cc(C(C)(C)C)nc2s1)c1ccc(F)cc1. The molecule has 0 saturated heterocycles. The first-order valence-electron chi connectivity index (χ1n) is 8.22. The molecular formula is C18H21FN4O2S. The van der Waals surface area contributed by atoms with Crippen LogP contribution in [0.3, 0.4) is 0 Å². The number of benzene rings is 1. The fraction of sp³-hybridized carbons (Fsp3) is 0.389. The fourth-order valence-electron chi connectivity index (χ4n) is 2.50. The second-order valence-corrected chi connectivity index (χ2v) is 7.97. The van der Waals surface area contributed by atoms with Crippen LogP contribution in [0, 0.1) is 5.82 Å². The van der Waals surface area contributed by atoms with Gasteiger partial charge in [0.05, 0.1) is 24.9 Å². The lowest BCUT2D eigenvalue weighted by Gasteiger charge is -2.15. The first-order valence-corrected chi connectivity index (χ1v) is 9.03. The van der Waals surface area contributed by atoms with E-state index < -0.39 is 5.92 Å². The van der Waals surface area contributed by atoms with Crippen LogP contribution in [0.25, 0.3) is 4.96 Å². The highest BCUT2D eigenvalue weighted by molar-refractivity contribution is 7.20. The highest BCUT2D eigenvalue weighted by atomic mass is 32.1. The van der Waals surface area contributed by atoms with Crippen molar-refractivity contribution in [3.05, 3.63) is 47.5 Å². The molecule has 26 heavy (non-hydrogen) atoms. The zero-order valence-electron chi connectivity index (χ0n) is 15.1. The molecule has 0 saturated carbocycles. The molecule has 0 spiro atoms. The Morgan fingerprint density at radius 2 is 2.04 bits per heavy atom. The molecule has 0 amide bonds. The molecule has 2 heterocycles. The molecule has 1 unspecified atom stereocenters. The second-order valence-electron chi connectivity index (χ2n) is 7.02. The lowest BCUT2D eigenvalue weighted by molar-refractivity contribution is -0.142. The zero-order chi connectivity index (χ0) is 18.9. The van der Waals surface area contributed by atoms with Gasteiger partial charge in [-0.05, 0) is 17.7 Å².